The van der Waals surface area contributed by atoms with Crippen molar-refractivity contribution in [3.05, 3.63) is 59.3 Å². The number of hydrogen-bond donors (Lipinski definition) is 1. The van der Waals surface area contributed by atoms with Crippen LogP contribution in [-0.2, 0) is 26.8 Å². The van der Waals surface area contributed by atoms with E-state index >= 15 is 0 Å². The van der Waals surface area contributed by atoms with E-state index in [1.54, 1.807) is 0 Å². The molecule has 0 spiro atoms. The molecule has 0 atom stereocenters. The average Bonchev–Trinajstić information content (AvgIpc) is 2.51. The van der Waals surface area contributed by atoms with Gasteiger partial charge in [-0.2, -0.15) is 21.6 Å². The van der Waals surface area contributed by atoms with Crippen molar-refractivity contribution in [2.24, 2.45) is 0 Å². The largest absolute Gasteiger partial charge is 0.416 e. The van der Waals surface area contributed by atoms with Gasteiger partial charge in [-0.3, -0.25) is 9.10 Å². The summed E-state index contributed by atoms with van der Waals surface area (Å²) < 4.78 is 60.6. The number of hydrogen-bond acceptors (Lipinski definition) is 3. The summed E-state index contributed by atoms with van der Waals surface area (Å²) in [7, 11) is 1.22. The summed E-state index contributed by atoms with van der Waals surface area (Å²) >= 11 is 0. The van der Waals surface area contributed by atoms with Crippen molar-refractivity contribution in [2.75, 3.05) is 6.54 Å². The second-order valence-corrected chi connectivity index (χ2v) is 7.36. The monoisotopic (exact) mass is 380 g/mol. The number of halogens is 4. The highest BCUT2D eigenvalue weighted by Crippen LogP contribution is 2.29. The quantitative estimate of drug-likeness (QED) is 0.816. The molecule has 0 saturated heterocycles. The molecule has 1 amide bonds. The molecule has 0 fully saturated rings. The standard InChI is InChI=1S/C14H12ClF3N2O3S/c15-24(22,23)20-7-1-2-11(9-20)13(21)19-8-10-3-5-12(6-4-10)14(16,17)18/h1-7H,8-9H2,(H,19,21). The van der Waals surface area contributed by atoms with Crippen molar-refractivity contribution >= 4 is 25.8 Å². The fourth-order valence-electron chi connectivity index (χ4n) is 1.93. The number of carbonyl (C=O) groups excluding carboxylic acids is 1. The molecule has 2 rings (SSSR count). The number of nitrogens with zero attached hydrogens (tertiary/aromatic N) is 1. The number of rotatable bonds is 4. The van der Waals surface area contributed by atoms with Gasteiger partial charge in [0.15, 0.2) is 0 Å². The van der Waals surface area contributed by atoms with Gasteiger partial charge in [0.1, 0.15) is 0 Å². The highest BCUT2D eigenvalue weighted by atomic mass is 35.7. The van der Waals surface area contributed by atoms with E-state index in [9.17, 15) is 26.4 Å². The van der Waals surface area contributed by atoms with Crippen LogP contribution in [0.2, 0.25) is 0 Å². The zero-order chi connectivity index (χ0) is 18.0. The fourth-order valence-corrected chi connectivity index (χ4v) is 2.73. The molecule has 1 aromatic carbocycles. The molecule has 1 aliphatic rings. The van der Waals surface area contributed by atoms with Crippen LogP contribution in [0.15, 0.2) is 48.2 Å². The molecule has 5 nitrogen and oxygen atoms in total. The molecule has 1 aliphatic heterocycles. The lowest BCUT2D eigenvalue weighted by Gasteiger charge is -2.20. The highest BCUT2D eigenvalue weighted by molar-refractivity contribution is 8.11. The van der Waals surface area contributed by atoms with Gasteiger partial charge in [-0.05, 0) is 23.8 Å². The van der Waals surface area contributed by atoms with Gasteiger partial charge in [0.25, 0.3) is 0 Å². The molecule has 0 saturated carbocycles. The smallest absolute Gasteiger partial charge is 0.348 e. The van der Waals surface area contributed by atoms with Crippen LogP contribution in [-0.4, -0.2) is 25.2 Å². The van der Waals surface area contributed by atoms with Crippen LogP contribution >= 0.6 is 10.7 Å². The Morgan fingerprint density at radius 2 is 1.88 bits per heavy atom. The van der Waals surface area contributed by atoms with Gasteiger partial charge in [-0.1, -0.05) is 18.2 Å². The molecule has 1 aromatic rings. The number of nitrogens with one attached hydrogen (secondary N) is 1. The van der Waals surface area contributed by atoms with Gasteiger partial charge in [0, 0.05) is 29.0 Å². The van der Waals surface area contributed by atoms with Gasteiger partial charge in [0.05, 0.1) is 12.1 Å². The fraction of sp³-hybridized carbons (Fsp3) is 0.214. The van der Waals surface area contributed by atoms with E-state index in [0.29, 0.717) is 5.56 Å². The maximum absolute atomic E-state index is 12.5. The van der Waals surface area contributed by atoms with E-state index in [1.807, 2.05) is 0 Å². The van der Waals surface area contributed by atoms with Crippen molar-refractivity contribution in [3.8, 4) is 0 Å². The molecule has 0 unspecified atom stereocenters. The molecule has 0 radical (unpaired) electrons. The molecule has 130 valence electrons. The van der Waals surface area contributed by atoms with Crippen molar-refractivity contribution in [1.29, 1.82) is 0 Å². The van der Waals surface area contributed by atoms with Crippen LogP contribution in [0.4, 0.5) is 13.2 Å². The van der Waals surface area contributed by atoms with Crippen LogP contribution in [0.1, 0.15) is 11.1 Å². The zero-order valence-electron chi connectivity index (χ0n) is 12.0. The molecule has 10 heteroatoms. The minimum Gasteiger partial charge on any atom is -0.348 e. The van der Waals surface area contributed by atoms with Gasteiger partial charge < -0.3 is 5.32 Å². The molecule has 24 heavy (non-hydrogen) atoms. The lowest BCUT2D eigenvalue weighted by Crippen LogP contribution is -2.33. The molecular formula is C14H12ClF3N2O3S. The van der Waals surface area contributed by atoms with Gasteiger partial charge in [-0.15, -0.1) is 0 Å². The van der Waals surface area contributed by atoms with Crippen LogP contribution in [0.5, 0.6) is 0 Å². The first-order valence-corrected chi connectivity index (χ1v) is 8.87. The minimum atomic E-state index is -4.42. The van der Waals surface area contributed by atoms with E-state index in [1.165, 1.54) is 30.5 Å². The molecule has 0 aliphatic carbocycles. The Hall–Kier alpha value is -2.00. The summed E-state index contributed by atoms with van der Waals surface area (Å²) in [6.07, 6.45) is -0.413. The van der Waals surface area contributed by atoms with Crippen molar-refractivity contribution in [3.63, 3.8) is 0 Å². The van der Waals surface area contributed by atoms with Crippen LogP contribution in [0.3, 0.4) is 0 Å². The van der Waals surface area contributed by atoms with E-state index in [4.69, 9.17) is 10.7 Å². The third-order valence-corrected chi connectivity index (χ3v) is 4.52. The SMILES string of the molecule is O=C(NCc1ccc(C(F)(F)F)cc1)C1=CC=CN(S(=O)(=O)Cl)C1. The topological polar surface area (TPSA) is 66.5 Å². The Labute approximate surface area is 141 Å². The number of alkyl halides is 3. The Morgan fingerprint density at radius 3 is 2.42 bits per heavy atom. The summed E-state index contributed by atoms with van der Waals surface area (Å²) in [5.41, 5.74) is -0.139. The molecular weight excluding hydrogens is 369 g/mol. The van der Waals surface area contributed by atoms with Gasteiger partial charge in [0.2, 0.25) is 5.91 Å². The highest BCUT2D eigenvalue weighted by Gasteiger charge is 2.30. The normalized spacial score (nSPS) is 15.2. The van der Waals surface area contributed by atoms with E-state index in [0.717, 1.165) is 16.4 Å². The minimum absolute atomic E-state index is 0.00560. The lowest BCUT2D eigenvalue weighted by atomic mass is 10.1. The Kier molecular flexibility index (Phi) is 5.24. The summed E-state index contributed by atoms with van der Waals surface area (Å²) in [5.74, 6) is -0.537. The number of allylic oxidation sites excluding steroid dienone is 2. The molecule has 0 aromatic heterocycles. The van der Waals surface area contributed by atoms with E-state index in [2.05, 4.69) is 5.32 Å². The van der Waals surface area contributed by atoms with Gasteiger partial charge >= 0.3 is 15.4 Å². The third kappa shape index (κ3) is 4.75. The van der Waals surface area contributed by atoms with E-state index in [-0.39, 0.29) is 18.7 Å². The summed E-state index contributed by atoms with van der Waals surface area (Å²) in [5, 5.41) is 2.51. The lowest BCUT2D eigenvalue weighted by molar-refractivity contribution is -0.137. The second kappa shape index (κ2) is 6.86. The summed E-state index contributed by atoms with van der Waals surface area (Å²) in [6.45, 7) is -0.215. The first kappa shape index (κ1) is 18.3. The van der Waals surface area contributed by atoms with Crippen LogP contribution in [0, 0.1) is 0 Å². The van der Waals surface area contributed by atoms with Crippen LogP contribution < -0.4 is 5.32 Å². The molecule has 0 bridgehead atoms. The number of benzene rings is 1. The van der Waals surface area contributed by atoms with Gasteiger partial charge in [-0.25, -0.2) is 0 Å². The predicted molar refractivity (Wildman–Crippen MR) is 82.0 cm³/mol. The first-order chi connectivity index (χ1) is 11.1. The van der Waals surface area contributed by atoms with E-state index < -0.39 is 26.9 Å². The predicted octanol–water partition coefficient (Wildman–Crippen LogP) is 2.56. The summed E-state index contributed by atoms with van der Waals surface area (Å²) in [4.78, 5) is 12.0. The molecule has 1 N–H and O–H groups in total. The van der Waals surface area contributed by atoms with Crippen LogP contribution in [0.25, 0.3) is 0 Å². The Bertz CT molecular complexity index is 786. The first-order valence-electron chi connectivity index (χ1n) is 6.60. The van der Waals surface area contributed by atoms with Crippen molar-refractivity contribution < 1.29 is 26.4 Å². The van der Waals surface area contributed by atoms with Crippen molar-refractivity contribution in [1.82, 2.24) is 9.62 Å². The maximum Gasteiger partial charge on any atom is 0.416 e. The average molecular weight is 381 g/mol. The van der Waals surface area contributed by atoms with Crippen molar-refractivity contribution in [2.45, 2.75) is 12.7 Å². The Morgan fingerprint density at radius 1 is 1.25 bits per heavy atom. The maximum atomic E-state index is 12.5. The zero-order valence-corrected chi connectivity index (χ0v) is 13.6. The third-order valence-electron chi connectivity index (χ3n) is 3.18. The number of carbonyl (C=O) groups is 1. The molecule has 1 heterocycles. The summed E-state index contributed by atoms with van der Waals surface area (Å²) in [6, 6.07) is 4.36. The Balaban J connectivity index is 1.96. The number of amides is 1. The second-order valence-electron chi connectivity index (χ2n) is 4.90.